The fraction of sp³-hybridized carbons (Fsp3) is 0.286. The molecule has 0 aliphatic carbocycles. The Morgan fingerprint density at radius 1 is 1.08 bits per heavy atom. The first-order valence-electron chi connectivity index (χ1n) is 12.0. The van der Waals surface area contributed by atoms with Crippen LogP contribution < -0.4 is 14.4 Å². The second-order valence-electron chi connectivity index (χ2n) is 8.76. The number of benzene rings is 2. The van der Waals surface area contributed by atoms with Gasteiger partial charge in [0, 0.05) is 5.56 Å². The first-order chi connectivity index (χ1) is 18.2. The number of carbonyl (C=O) groups excluding carboxylic acids is 3. The Balaban J connectivity index is 1.86. The van der Waals surface area contributed by atoms with Crippen molar-refractivity contribution in [1.29, 1.82) is 0 Å². The number of hydrogen-bond donors (Lipinski definition) is 1. The molecule has 1 unspecified atom stereocenters. The topological polar surface area (TPSA) is 115 Å². The summed E-state index contributed by atoms with van der Waals surface area (Å²) in [6, 6.07) is 12.5. The van der Waals surface area contributed by atoms with Crippen LogP contribution >= 0.6 is 11.3 Å². The molecule has 1 aromatic heterocycles. The molecule has 1 aliphatic heterocycles. The average Bonchev–Trinajstić information content (AvgIpc) is 3.40. The number of rotatable bonds is 8. The van der Waals surface area contributed by atoms with Crippen LogP contribution in [0.1, 0.15) is 53.3 Å². The van der Waals surface area contributed by atoms with Gasteiger partial charge in [0.15, 0.2) is 5.13 Å². The van der Waals surface area contributed by atoms with Crippen LogP contribution in [0.25, 0.3) is 5.76 Å². The standard InChI is InChI=1S/C28H28N2O7S/c1-6-36-19-11-7-17(8-12-19)22-21(23(31)18-9-13-20(14-10-18)37-15(2)3)24(32)26(33)30(22)28-29-16(4)25(38-28)27(34)35-5/h7-15,22,31H,6H2,1-5H3/b23-21+. The molecular formula is C28H28N2O7S. The highest BCUT2D eigenvalue weighted by molar-refractivity contribution is 7.17. The first kappa shape index (κ1) is 26.9. The Hall–Kier alpha value is -4.18. The molecule has 1 aliphatic rings. The Kier molecular flexibility index (Phi) is 7.82. The maximum Gasteiger partial charge on any atom is 0.350 e. The van der Waals surface area contributed by atoms with E-state index in [-0.39, 0.29) is 27.4 Å². The fourth-order valence-electron chi connectivity index (χ4n) is 4.14. The van der Waals surface area contributed by atoms with Crippen molar-refractivity contribution >= 4 is 39.9 Å². The lowest BCUT2D eigenvalue weighted by atomic mass is 9.95. The number of nitrogens with zero attached hydrogens (tertiary/aromatic N) is 2. The maximum absolute atomic E-state index is 13.4. The number of ether oxygens (including phenoxy) is 3. The van der Waals surface area contributed by atoms with Gasteiger partial charge in [-0.05, 0) is 69.7 Å². The van der Waals surface area contributed by atoms with Crippen LogP contribution in [-0.4, -0.2) is 47.6 Å². The van der Waals surface area contributed by atoms with Crippen LogP contribution in [0, 0.1) is 6.92 Å². The van der Waals surface area contributed by atoms with E-state index in [1.54, 1.807) is 55.5 Å². The summed E-state index contributed by atoms with van der Waals surface area (Å²) in [5.41, 5.74) is 1.18. The van der Waals surface area contributed by atoms with Crippen LogP contribution in [0.3, 0.4) is 0 Å². The maximum atomic E-state index is 13.4. The lowest BCUT2D eigenvalue weighted by Crippen LogP contribution is -2.29. The summed E-state index contributed by atoms with van der Waals surface area (Å²) in [6.45, 7) is 7.76. The largest absolute Gasteiger partial charge is 0.507 e. The van der Waals surface area contributed by atoms with E-state index in [1.807, 2.05) is 20.8 Å². The van der Waals surface area contributed by atoms with E-state index in [0.717, 1.165) is 11.3 Å². The van der Waals surface area contributed by atoms with Crippen LogP contribution in [0.15, 0.2) is 54.1 Å². The number of anilines is 1. The summed E-state index contributed by atoms with van der Waals surface area (Å²) < 4.78 is 16.0. The van der Waals surface area contributed by atoms with Crippen molar-refractivity contribution < 1.29 is 33.7 Å². The Morgan fingerprint density at radius 3 is 2.29 bits per heavy atom. The van der Waals surface area contributed by atoms with E-state index in [2.05, 4.69) is 4.98 Å². The minimum absolute atomic E-state index is 0.0314. The summed E-state index contributed by atoms with van der Waals surface area (Å²) >= 11 is 0.944. The number of aryl methyl sites for hydroxylation is 1. The predicted molar refractivity (Wildman–Crippen MR) is 143 cm³/mol. The zero-order valence-corrected chi connectivity index (χ0v) is 22.5. The van der Waals surface area contributed by atoms with Crippen LogP contribution in [-0.2, 0) is 14.3 Å². The number of aliphatic hydroxyl groups excluding tert-OH is 1. The van der Waals surface area contributed by atoms with Crippen molar-refractivity contribution in [2.24, 2.45) is 0 Å². The second-order valence-corrected chi connectivity index (χ2v) is 9.74. The third kappa shape index (κ3) is 5.12. The lowest BCUT2D eigenvalue weighted by Gasteiger charge is -2.23. The summed E-state index contributed by atoms with van der Waals surface area (Å²) in [7, 11) is 1.25. The minimum atomic E-state index is -0.992. The Labute approximate surface area is 224 Å². The highest BCUT2D eigenvalue weighted by Gasteiger charge is 2.48. The molecular weight excluding hydrogens is 508 g/mol. The molecule has 4 rings (SSSR count). The molecule has 9 nitrogen and oxygen atoms in total. The quantitative estimate of drug-likeness (QED) is 0.184. The number of thiazole rings is 1. The number of hydrogen-bond acceptors (Lipinski definition) is 9. The van der Waals surface area contributed by atoms with Crippen molar-refractivity contribution in [1.82, 2.24) is 4.98 Å². The van der Waals surface area contributed by atoms with Gasteiger partial charge in [-0.25, -0.2) is 9.78 Å². The molecule has 1 atom stereocenters. The van der Waals surface area contributed by atoms with Gasteiger partial charge >= 0.3 is 11.9 Å². The van der Waals surface area contributed by atoms with Crippen LogP contribution in [0.2, 0.25) is 0 Å². The number of ketones is 1. The minimum Gasteiger partial charge on any atom is -0.507 e. The number of methoxy groups -OCH3 is 1. The number of carbonyl (C=O) groups is 3. The Bertz CT molecular complexity index is 1390. The van der Waals surface area contributed by atoms with Crippen LogP contribution in [0.5, 0.6) is 11.5 Å². The number of aromatic nitrogens is 1. The van der Waals surface area contributed by atoms with Gasteiger partial charge < -0.3 is 19.3 Å². The van der Waals surface area contributed by atoms with E-state index in [4.69, 9.17) is 14.2 Å². The van der Waals surface area contributed by atoms with Gasteiger partial charge in [-0.1, -0.05) is 23.5 Å². The molecule has 1 fully saturated rings. The highest BCUT2D eigenvalue weighted by atomic mass is 32.1. The molecule has 3 aromatic rings. The van der Waals surface area contributed by atoms with E-state index < -0.39 is 23.7 Å². The summed E-state index contributed by atoms with van der Waals surface area (Å²) in [4.78, 5) is 44.8. The van der Waals surface area contributed by atoms with Gasteiger partial charge in [0.25, 0.3) is 5.78 Å². The molecule has 2 heterocycles. The third-order valence-electron chi connectivity index (χ3n) is 5.81. The van der Waals surface area contributed by atoms with E-state index in [1.165, 1.54) is 12.0 Å². The van der Waals surface area contributed by atoms with Gasteiger partial charge in [-0.15, -0.1) is 0 Å². The number of esters is 1. The van der Waals surface area contributed by atoms with Crippen molar-refractivity contribution in [2.45, 2.75) is 39.8 Å². The van der Waals surface area contributed by atoms with Gasteiger partial charge in [0.05, 0.1) is 37.1 Å². The molecule has 10 heteroatoms. The summed E-state index contributed by atoms with van der Waals surface area (Å²) in [5, 5.41) is 11.5. The van der Waals surface area contributed by atoms with Gasteiger partial charge in [0.1, 0.15) is 22.1 Å². The van der Waals surface area contributed by atoms with E-state index >= 15 is 0 Å². The third-order valence-corrected chi connectivity index (χ3v) is 6.95. The zero-order chi connectivity index (χ0) is 27.6. The molecule has 1 amide bonds. The molecule has 0 bridgehead atoms. The smallest absolute Gasteiger partial charge is 0.350 e. The zero-order valence-electron chi connectivity index (χ0n) is 21.7. The van der Waals surface area contributed by atoms with Gasteiger partial charge in [0.2, 0.25) is 0 Å². The molecule has 38 heavy (non-hydrogen) atoms. The van der Waals surface area contributed by atoms with Gasteiger partial charge in [-0.3, -0.25) is 14.5 Å². The molecule has 1 saturated heterocycles. The van der Waals surface area contributed by atoms with Crippen molar-refractivity contribution in [2.75, 3.05) is 18.6 Å². The Morgan fingerprint density at radius 2 is 1.71 bits per heavy atom. The summed E-state index contributed by atoms with van der Waals surface area (Å²) in [6.07, 6.45) is -0.0314. The van der Waals surface area contributed by atoms with Crippen molar-refractivity contribution in [3.63, 3.8) is 0 Å². The average molecular weight is 537 g/mol. The second kappa shape index (κ2) is 11.1. The number of aliphatic hydroxyl groups is 1. The molecule has 1 N–H and O–H groups in total. The molecule has 0 saturated carbocycles. The highest BCUT2D eigenvalue weighted by Crippen LogP contribution is 2.44. The monoisotopic (exact) mass is 536 g/mol. The van der Waals surface area contributed by atoms with E-state index in [9.17, 15) is 19.5 Å². The molecule has 0 radical (unpaired) electrons. The number of Topliss-reactive ketones (excluding diaryl/α,β-unsaturated/α-hetero) is 1. The van der Waals surface area contributed by atoms with Crippen molar-refractivity contribution in [3.05, 3.63) is 75.8 Å². The number of amides is 1. The fourth-order valence-corrected chi connectivity index (χ4v) is 5.16. The normalized spacial score (nSPS) is 16.7. The molecule has 0 spiro atoms. The van der Waals surface area contributed by atoms with Crippen molar-refractivity contribution in [3.8, 4) is 11.5 Å². The van der Waals surface area contributed by atoms with Gasteiger partial charge in [-0.2, -0.15) is 0 Å². The van der Waals surface area contributed by atoms with E-state index in [0.29, 0.717) is 34.9 Å². The molecule has 2 aromatic carbocycles. The van der Waals surface area contributed by atoms with Crippen LogP contribution in [0.4, 0.5) is 5.13 Å². The predicted octanol–water partition coefficient (Wildman–Crippen LogP) is 5.05. The first-order valence-corrected chi connectivity index (χ1v) is 12.8. The molecule has 198 valence electrons. The SMILES string of the molecule is CCOc1ccc(C2/C(=C(\O)c3ccc(OC(C)C)cc3)C(=O)C(=O)N2c2nc(C)c(C(=O)OC)s2)cc1. The summed E-state index contributed by atoms with van der Waals surface area (Å²) in [5.74, 6) is -1.43. The lowest BCUT2D eigenvalue weighted by molar-refractivity contribution is -0.132.